The normalized spacial score (nSPS) is 15.0. The van der Waals surface area contributed by atoms with Crippen molar-refractivity contribution in [2.45, 2.75) is 19.9 Å². The minimum absolute atomic E-state index is 0.214. The van der Waals surface area contributed by atoms with E-state index in [2.05, 4.69) is 46.3 Å². The maximum atomic E-state index is 12.8. The van der Waals surface area contributed by atoms with Gasteiger partial charge in [0, 0.05) is 43.2 Å². The number of carbonyl (C=O) groups excluding carboxylic acids is 1. The van der Waals surface area contributed by atoms with Crippen molar-refractivity contribution < 1.29 is 4.79 Å². The Morgan fingerprint density at radius 2 is 1.61 bits per heavy atom. The Morgan fingerprint density at radius 1 is 0.964 bits per heavy atom. The summed E-state index contributed by atoms with van der Waals surface area (Å²) >= 11 is 1.64. The molecular weight excluding hydrogens is 366 g/mol. The van der Waals surface area contributed by atoms with Gasteiger partial charge in [-0.15, -0.1) is 11.3 Å². The SMILES string of the molecule is Cc1nc(-c2ccccc2)sc1CC(=O)N1CCN(Cc2ccccc2)CC1. The van der Waals surface area contributed by atoms with E-state index in [1.165, 1.54) is 5.56 Å². The lowest BCUT2D eigenvalue weighted by molar-refractivity contribution is -0.132. The maximum absolute atomic E-state index is 12.8. The summed E-state index contributed by atoms with van der Waals surface area (Å²) in [5.74, 6) is 0.214. The van der Waals surface area contributed by atoms with Gasteiger partial charge in [-0.2, -0.15) is 0 Å². The minimum Gasteiger partial charge on any atom is -0.340 e. The van der Waals surface area contributed by atoms with E-state index in [9.17, 15) is 4.79 Å². The van der Waals surface area contributed by atoms with Crippen molar-refractivity contribution in [3.05, 3.63) is 76.8 Å². The first-order valence-corrected chi connectivity index (χ1v) is 10.6. The smallest absolute Gasteiger partial charge is 0.227 e. The first-order valence-electron chi connectivity index (χ1n) is 9.75. The molecule has 1 saturated heterocycles. The molecule has 144 valence electrons. The number of hydrogen-bond donors (Lipinski definition) is 0. The van der Waals surface area contributed by atoms with Crippen LogP contribution in [0.4, 0.5) is 0 Å². The Labute approximate surface area is 170 Å². The summed E-state index contributed by atoms with van der Waals surface area (Å²) in [6, 6.07) is 20.7. The summed E-state index contributed by atoms with van der Waals surface area (Å²) in [6.45, 7) is 6.42. The molecule has 4 rings (SSSR count). The number of aromatic nitrogens is 1. The van der Waals surface area contributed by atoms with Gasteiger partial charge in [0.1, 0.15) is 5.01 Å². The average Bonchev–Trinajstić information content (AvgIpc) is 3.10. The van der Waals surface area contributed by atoms with Gasteiger partial charge in [-0.1, -0.05) is 60.7 Å². The second-order valence-electron chi connectivity index (χ2n) is 7.21. The van der Waals surface area contributed by atoms with Crippen LogP contribution < -0.4 is 0 Å². The van der Waals surface area contributed by atoms with E-state index < -0.39 is 0 Å². The Bertz CT molecular complexity index is 916. The lowest BCUT2D eigenvalue weighted by Gasteiger charge is -2.34. The topological polar surface area (TPSA) is 36.4 Å². The van der Waals surface area contributed by atoms with Crippen LogP contribution in [0.2, 0.25) is 0 Å². The summed E-state index contributed by atoms with van der Waals surface area (Å²) in [4.78, 5) is 23.0. The Kier molecular flexibility index (Phi) is 5.84. The van der Waals surface area contributed by atoms with Gasteiger partial charge in [0.05, 0.1) is 12.1 Å². The molecule has 0 spiro atoms. The first kappa shape index (κ1) is 18.8. The highest BCUT2D eigenvalue weighted by Gasteiger charge is 2.22. The molecule has 3 aromatic rings. The van der Waals surface area contributed by atoms with Crippen LogP contribution in [0.15, 0.2) is 60.7 Å². The molecule has 5 heteroatoms. The highest BCUT2D eigenvalue weighted by Crippen LogP contribution is 2.28. The number of hydrogen-bond acceptors (Lipinski definition) is 4. The van der Waals surface area contributed by atoms with Crippen LogP contribution in [0.3, 0.4) is 0 Å². The fourth-order valence-electron chi connectivity index (χ4n) is 3.54. The average molecular weight is 392 g/mol. The zero-order valence-electron chi connectivity index (χ0n) is 16.2. The summed E-state index contributed by atoms with van der Waals surface area (Å²) in [5, 5.41) is 0.994. The van der Waals surface area contributed by atoms with Gasteiger partial charge in [0.2, 0.25) is 5.91 Å². The van der Waals surface area contributed by atoms with Gasteiger partial charge in [-0.3, -0.25) is 9.69 Å². The number of amides is 1. The molecule has 1 amide bonds. The van der Waals surface area contributed by atoms with Gasteiger partial charge in [0.25, 0.3) is 0 Å². The van der Waals surface area contributed by atoms with E-state index in [0.717, 1.165) is 53.9 Å². The van der Waals surface area contributed by atoms with Gasteiger partial charge < -0.3 is 4.90 Å². The van der Waals surface area contributed by atoms with Gasteiger partial charge >= 0.3 is 0 Å². The second-order valence-corrected chi connectivity index (χ2v) is 8.30. The minimum atomic E-state index is 0.214. The lowest BCUT2D eigenvalue weighted by Crippen LogP contribution is -2.48. The standard InChI is InChI=1S/C23H25N3OS/c1-18-21(28-23(24-18)20-10-6-3-7-11-20)16-22(27)26-14-12-25(13-15-26)17-19-8-4-2-5-9-19/h2-11H,12-17H2,1H3. The van der Waals surface area contributed by atoms with E-state index in [1.807, 2.05) is 36.1 Å². The molecule has 4 nitrogen and oxygen atoms in total. The largest absolute Gasteiger partial charge is 0.340 e. The molecule has 1 fully saturated rings. The molecule has 28 heavy (non-hydrogen) atoms. The molecule has 0 unspecified atom stereocenters. The van der Waals surface area contributed by atoms with Crippen LogP contribution in [0.5, 0.6) is 0 Å². The van der Waals surface area contributed by atoms with Crippen molar-refractivity contribution in [1.29, 1.82) is 0 Å². The van der Waals surface area contributed by atoms with E-state index >= 15 is 0 Å². The van der Waals surface area contributed by atoms with Crippen molar-refractivity contribution in [2.24, 2.45) is 0 Å². The quantitative estimate of drug-likeness (QED) is 0.659. The third-order valence-corrected chi connectivity index (χ3v) is 6.41. The highest BCUT2D eigenvalue weighted by molar-refractivity contribution is 7.15. The van der Waals surface area contributed by atoms with Crippen LogP contribution in [0.1, 0.15) is 16.1 Å². The molecule has 2 heterocycles. The van der Waals surface area contributed by atoms with Crippen LogP contribution in [0, 0.1) is 6.92 Å². The van der Waals surface area contributed by atoms with Gasteiger partial charge in [0.15, 0.2) is 0 Å². The van der Waals surface area contributed by atoms with E-state index in [4.69, 9.17) is 0 Å². The van der Waals surface area contributed by atoms with Crippen molar-refractivity contribution in [3.63, 3.8) is 0 Å². The fourth-order valence-corrected chi connectivity index (χ4v) is 4.60. The van der Waals surface area contributed by atoms with Crippen molar-refractivity contribution in [1.82, 2.24) is 14.8 Å². The number of thiazole rings is 1. The Morgan fingerprint density at radius 3 is 2.29 bits per heavy atom. The molecule has 0 N–H and O–H groups in total. The van der Waals surface area contributed by atoms with Gasteiger partial charge in [-0.25, -0.2) is 4.98 Å². The zero-order valence-corrected chi connectivity index (χ0v) is 17.0. The predicted octanol–water partition coefficient (Wildman–Crippen LogP) is 4.01. The molecule has 2 aromatic carbocycles. The Hall–Kier alpha value is -2.50. The highest BCUT2D eigenvalue weighted by atomic mass is 32.1. The second kappa shape index (κ2) is 8.67. The molecule has 0 saturated carbocycles. The number of benzene rings is 2. The molecule has 0 bridgehead atoms. The monoisotopic (exact) mass is 391 g/mol. The summed E-state index contributed by atoms with van der Waals surface area (Å²) < 4.78 is 0. The molecular formula is C23H25N3OS. The Balaban J connectivity index is 1.33. The lowest BCUT2D eigenvalue weighted by atomic mass is 10.2. The van der Waals surface area contributed by atoms with Crippen molar-refractivity contribution in [2.75, 3.05) is 26.2 Å². The number of nitrogens with zero attached hydrogens (tertiary/aromatic N) is 3. The van der Waals surface area contributed by atoms with Crippen LogP contribution in [-0.4, -0.2) is 46.9 Å². The van der Waals surface area contributed by atoms with Crippen LogP contribution in [-0.2, 0) is 17.8 Å². The predicted molar refractivity (Wildman–Crippen MR) is 114 cm³/mol. The molecule has 1 aliphatic heterocycles. The number of rotatable bonds is 5. The summed E-state index contributed by atoms with van der Waals surface area (Å²) in [7, 11) is 0. The molecule has 0 aliphatic carbocycles. The third kappa shape index (κ3) is 4.49. The number of piperazine rings is 1. The first-order chi connectivity index (χ1) is 13.7. The molecule has 1 aromatic heterocycles. The number of carbonyl (C=O) groups is 1. The van der Waals surface area contributed by atoms with E-state index in [-0.39, 0.29) is 5.91 Å². The maximum Gasteiger partial charge on any atom is 0.227 e. The van der Waals surface area contributed by atoms with Crippen LogP contribution in [0.25, 0.3) is 10.6 Å². The van der Waals surface area contributed by atoms with Gasteiger partial charge in [-0.05, 0) is 12.5 Å². The zero-order chi connectivity index (χ0) is 19.3. The van der Waals surface area contributed by atoms with E-state index in [0.29, 0.717) is 6.42 Å². The van der Waals surface area contributed by atoms with Crippen molar-refractivity contribution >= 4 is 17.2 Å². The number of aryl methyl sites for hydroxylation is 1. The van der Waals surface area contributed by atoms with E-state index in [1.54, 1.807) is 11.3 Å². The molecule has 0 atom stereocenters. The van der Waals surface area contributed by atoms with Crippen LogP contribution >= 0.6 is 11.3 Å². The summed E-state index contributed by atoms with van der Waals surface area (Å²) in [5.41, 5.74) is 3.42. The molecule has 1 aliphatic rings. The fraction of sp³-hybridized carbons (Fsp3) is 0.304. The van der Waals surface area contributed by atoms with Crippen molar-refractivity contribution in [3.8, 4) is 10.6 Å². The summed E-state index contributed by atoms with van der Waals surface area (Å²) in [6.07, 6.45) is 0.453. The molecule has 0 radical (unpaired) electrons. The third-order valence-electron chi connectivity index (χ3n) is 5.20.